The van der Waals surface area contributed by atoms with E-state index < -0.39 is 0 Å². The summed E-state index contributed by atoms with van der Waals surface area (Å²) in [5.74, 6) is -0.562. The van der Waals surface area contributed by atoms with Crippen molar-refractivity contribution in [2.45, 2.75) is 38.6 Å². The highest BCUT2D eigenvalue weighted by atomic mass is 16.5. The third kappa shape index (κ3) is 3.80. The Labute approximate surface area is 117 Å². The van der Waals surface area contributed by atoms with Gasteiger partial charge in [0.25, 0.3) is 5.91 Å². The van der Waals surface area contributed by atoms with Crippen LogP contribution in [0.4, 0.5) is 5.69 Å². The number of rotatable bonds is 6. The van der Waals surface area contributed by atoms with Gasteiger partial charge in [0, 0.05) is 18.8 Å². The van der Waals surface area contributed by atoms with Crippen LogP contribution >= 0.6 is 0 Å². The summed E-state index contributed by atoms with van der Waals surface area (Å²) < 4.78 is 5.01. The summed E-state index contributed by atoms with van der Waals surface area (Å²) in [6, 6.07) is 0.214. The molecule has 7 nitrogen and oxygen atoms in total. The van der Waals surface area contributed by atoms with E-state index in [-0.39, 0.29) is 30.2 Å². The number of hydrogen-bond acceptors (Lipinski definition) is 4. The maximum atomic E-state index is 12.1. The molecule has 110 valence electrons. The van der Waals surface area contributed by atoms with Crippen molar-refractivity contribution in [3.63, 3.8) is 0 Å². The Bertz CT molecular complexity index is 466. The maximum Gasteiger partial charge on any atom is 0.274 e. The van der Waals surface area contributed by atoms with Crippen molar-refractivity contribution in [3.05, 3.63) is 11.9 Å². The van der Waals surface area contributed by atoms with E-state index in [1.807, 2.05) is 6.92 Å². The van der Waals surface area contributed by atoms with Crippen LogP contribution in [0.1, 0.15) is 43.1 Å². The third-order valence-corrected chi connectivity index (χ3v) is 3.26. The Morgan fingerprint density at radius 1 is 1.45 bits per heavy atom. The van der Waals surface area contributed by atoms with Crippen molar-refractivity contribution >= 4 is 17.5 Å². The van der Waals surface area contributed by atoms with Gasteiger partial charge in [-0.3, -0.25) is 14.7 Å². The molecule has 1 heterocycles. The molecule has 0 aliphatic heterocycles. The molecule has 0 unspecified atom stereocenters. The van der Waals surface area contributed by atoms with Crippen molar-refractivity contribution in [2.24, 2.45) is 0 Å². The molecule has 0 bridgehead atoms. The number of carbonyl (C=O) groups is 2. The number of hydrogen-bond donors (Lipinski definition) is 3. The second-order valence-electron chi connectivity index (χ2n) is 4.79. The van der Waals surface area contributed by atoms with E-state index in [1.165, 1.54) is 6.20 Å². The average molecular weight is 280 g/mol. The van der Waals surface area contributed by atoms with E-state index >= 15 is 0 Å². The highest BCUT2D eigenvalue weighted by Crippen LogP contribution is 2.19. The first kappa shape index (κ1) is 14.5. The second kappa shape index (κ2) is 7.04. The Morgan fingerprint density at radius 2 is 2.20 bits per heavy atom. The zero-order valence-corrected chi connectivity index (χ0v) is 11.6. The fourth-order valence-corrected chi connectivity index (χ4v) is 2.26. The van der Waals surface area contributed by atoms with Crippen LogP contribution in [0.5, 0.6) is 0 Å². The fraction of sp³-hybridized carbons (Fsp3) is 0.615. The predicted octanol–water partition coefficient (Wildman–Crippen LogP) is 1.06. The van der Waals surface area contributed by atoms with Crippen molar-refractivity contribution < 1.29 is 14.3 Å². The summed E-state index contributed by atoms with van der Waals surface area (Å²) >= 11 is 0. The number of aromatic amines is 1. The van der Waals surface area contributed by atoms with Crippen LogP contribution < -0.4 is 10.6 Å². The predicted molar refractivity (Wildman–Crippen MR) is 73.4 cm³/mol. The molecule has 0 aromatic carbocycles. The van der Waals surface area contributed by atoms with E-state index in [4.69, 9.17) is 4.74 Å². The van der Waals surface area contributed by atoms with Gasteiger partial charge >= 0.3 is 0 Å². The topological polar surface area (TPSA) is 96.1 Å². The molecule has 0 saturated heterocycles. The Morgan fingerprint density at radius 3 is 2.90 bits per heavy atom. The molecule has 2 rings (SSSR count). The molecule has 2 amide bonds. The first-order valence-corrected chi connectivity index (χ1v) is 6.93. The second-order valence-corrected chi connectivity index (χ2v) is 4.79. The molecule has 0 radical (unpaired) electrons. The van der Waals surface area contributed by atoms with Gasteiger partial charge < -0.3 is 15.4 Å². The van der Waals surface area contributed by atoms with Gasteiger partial charge in [-0.1, -0.05) is 12.8 Å². The Kier molecular flexibility index (Phi) is 5.11. The van der Waals surface area contributed by atoms with Crippen molar-refractivity contribution in [1.29, 1.82) is 0 Å². The SMILES string of the molecule is CCOCC(=O)Nc1c[nH]nc1C(=O)NC1CCCC1. The first-order chi connectivity index (χ1) is 9.70. The zero-order chi connectivity index (χ0) is 14.4. The lowest BCUT2D eigenvalue weighted by Crippen LogP contribution is -2.33. The van der Waals surface area contributed by atoms with Crippen LogP contribution in [0.2, 0.25) is 0 Å². The summed E-state index contributed by atoms with van der Waals surface area (Å²) in [4.78, 5) is 23.7. The van der Waals surface area contributed by atoms with Crippen LogP contribution in [-0.2, 0) is 9.53 Å². The zero-order valence-electron chi connectivity index (χ0n) is 11.6. The Balaban J connectivity index is 1.93. The molecule has 20 heavy (non-hydrogen) atoms. The van der Waals surface area contributed by atoms with Gasteiger partial charge in [0.1, 0.15) is 6.61 Å². The van der Waals surface area contributed by atoms with E-state index in [0.29, 0.717) is 12.3 Å². The van der Waals surface area contributed by atoms with E-state index in [9.17, 15) is 9.59 Å². The molecule has 1 aliphatic rings. The fourth-order valence-electron chi connectivity index (χ4n) is 2.26. The lowest BCUT2D eigenvalue weighted by Gasteiger charge is -2.11. The summed E-state index contributed by atoms with van der Waals surface area (Å²) in [5, 5.41) is 12.0. The van der Waals surface area contributed by atoms with Gasteiger partial charge in [0.2, 0.25) is 5.91 Å². The minimum absolute atomic E-state index is 0.0363. The molecule has 7 heteroatoms. The monoisotopic (exact) mass is 280 g/mol. The van der Waals surface area contributed by atoms with Crippen molar-refractivity contribution in [2.75, 3.05) is 18.5 Å². The molecule has 1 fully saturated rings. The quantitative estimate of drug-likeness (QED) is 0.726. The summed E-state index contributed by atoms with van der Waals surface area (Å²) in [6.07, 6.45) is 5.78. The van der Waals surface area contributed by atoms with Crippen molar-refractivity contribution in [1.82, 2.24) is 15.5 Å². The molecule has 0 atom stereocenters. The summed E-state index contributed by atoms with van der Waals surface area (Å²) in [7, 11) is 0. The largest absolute Gasteiger partial charge is 0.372 e. The molecule has 1 aliphatic carbocycles. The number of nitrogens with zero attached hydrogens (tertiary/aromatic N) is 1. The van der Waals surface area contributed by atoms with E-state index in [0.717, 1.165) is 25.7 Å². The van der Waals surface area contributed by atoms with Gasteiger partial charge in [-0.25, -0.2) is 0 Å². The number of amides is 2. The molecule has 1 saturated carbocycles. The molecule has 1 aromatic heterocycles. The molecule has 1 aromatic rings. The van der Waals surface area contributed by atoms with Crippen LogP contribution in [0.3, 0.4) is 0 Å². The minimum atomic E-state index is -0.303. The van der Waals surface area contributed by atoms with Gasteiger partial charge in [0.05, 0.1) is 5.69 Å². The summed E-state index contributed by atoms with van der Waals surface area (Å²) in [5.41, 5.74) is 0.590. The maximum absolute atomic E-state index is 12.1. The number of nitrogens with one attached hydrogen (secondary N) is 3. The van der Waals surface area contributed by atoms with Crippen LogP contribution in [0.15, 0.2) is 6.20 Å². The lowest BCUT2D eigenvalue weighted by molar-refractivity contribution is -0.120. The number of H-pyrrole nitrogens is 1. The molecular weight excluding hydrogens is 260 g/mol. The summed E-state index contributed by atoms with van der Waals surface area (Å²) in [6.45, 7) is 2.24. The van der Waals surface area contributed by atoms with Crippen molar-refractivity contribution in [3.8, 4) is 0 Å². The number of carbonyl (C=O) groups excluding carboxylic acids is 2. The number of anilines is 1. The van der Waals surface area contributed by atoms with Gasteiger partial charge in [0.15, 0.2) is 5.69 Å². The minimum Gasteiger partial charge on any atom is -0.372 e. The van der Waals surface area contributed by atoms with Gasteiger partial charge in [-0.2, -0.15) is 5.10 Å². The normalized spacial score (nSPS) is 15.2. The Hall–Kier alpha value is -1.89. The highest BCUT2D eigenvalue weighted by Gasteiger charge is 2.22. The van der Waals surface area contributed by atoms with Crippen LogP contribution in [-0.4, -0.2) is 41.3 Å². The third-order valence-electron chi connectivity index (χ3n) is 3.26. The van der Waals surface area contributed by atoms with Crippen LogP contribution in [0, 0.1) is 0 Å². The smallest absolute Gasteiger partial charge is 0.274 e. The van der Waals surface area contributed by atoms with Gasteiger partial charge in [-0.05, 0) is 19.8 Å². The highest BCUT2D eigenvalue weighted by molar-refractivity contribution is 6.02. The van der Waals surface area contributed by atoms with E-state index in [1.54, 1.807) is 0 Å². The molecule has 0 spiro atoms. The standard InChI is InChI=1S/C13H20N4O3/c1-2-20-8-11(18)16-10-7-14-17-12(10)13(19)15-9-5-3-4-6-9/h7,9H,2-6,8H2,1H3,(H,14,17)(H,15,19)(H,16,18). The number of aromatic nitrogens is 2. The molecule has 3 N–H and O–H groups in total. The first-order valence-electron chi connectivity index (χ1n) is 6.93. The van der Waals surface area contributed by atoms with Gasteiger partial charge in [-0.15, -0.1) is 0 Å². The lowest BCUT2D eigenvalue weighted by atomic mass is 10.2. The van der Waals surface area contributed by atoms with Crippen LogP contribution in [0.25, 0.3) is 0 Å². The van der Waals surface area contributed by atoms with E-state index in [2.05, 4.69) is 20.8 Å². The average Bonchev–Trinajstić information content (AvgIpc) is 3.07. The molecular formula is C13H20N4O3. The number of ether oxygens (including phenoxy) is 1.